The molecule has 0 spiro atoms. The molecule has 2 aromatic carbocycles. The molecule has 4 rings (SSSR count). The number of benzene rings is 2. The Morgan fingerprint density at radius 2 is 1.89 bits per heavy atom. The molecule has 0 atom stereocenters. The van der Waals surface area contributed by atoms with Crippen molar-refractivity contribution in [3.63, 3.8) is 0 Å². The van der Waals surface area contributed by atoms with E-state index in [4.69, 9.17) is 21.7 Å². The second-order valence-corrected chi connectivity index (χ2v) is 9.71. The number of methoxy groups -OCH3 is 1. The summed E-state index contributed by atoms with van der Waals surface area (Å²) in [6.45, 7) is 0. The number of ether oxygens (including phenoxy) is 2. The molecule has 1 aromatic heterocycles. The maximum atomic E-state index is 13.0. The fourth-order valence-corrected chi connectivity index (χ4v) is 4.93. The first-order chi connectivity index (χ1) is 17.7. The van der Waals surface area contributed by atoms with Gasteiger partial charge in [-0.1, -0.05) is 30.0 Å². The average Bonchev–Trinajstić information content (AvgIpc) is 3.50. The zero-order valence-electron chi connectivity index (χ0n) is 18.6. The van der Waals surface area contributed by atoms with Crippen LogP contribution in [-0.4, -0.2) is 38.1 Å². The predicted molar refractivity (Wildman–Crippen MR) is 140 cm³/mol. The van der Waals surface area contributed by atoms with E-state index in [1.165, 1.54) is 30.6 Å². The van der Waals surface area contributed by atoms with E-state index in [2.05, 4.69) is 5.43 Å². The highest BCUT2D eigenvalue weighted by Crippen LogP contribution is 2.42. The Hall–Kier alpha value is -4.34. The van der Waals surface area contributed by atoms with Gasteiger partial charge in [-0.15, -0.1) is 11.3 Å². The number of hydrogen-bond acceptors (Lipinski definition) is 11. The van der Waals surface area contributed by atoms with E-state index in [-0.39, 0.29) is 26.5 Å². The third kappa shape index (κ3) is 5.42. The van der Waals surface area contributed by atoms with Gasteiger partial charge in [-0.05, 0) is 41.9 Å². The van der Waals surface area contributed by atoms with Crippen molar-refractivity contribution in [2.45, 2.75) is 0 Å². The normalized spacial score (nSPS) is 14.1. The van der Waals surface area contributed by atoms with E-state index in [0.29, 0.717) is 10.4 Å². The molecule has 37 heavy (non-hydrogen) atoms. The Bertz CT molecular complexity index is 1470. The minimum Gasteiger partial charge on any atom is -0.493 e. The molecule has 1 fully saturated rings. The van der Waals surface area contributed by atoms with E-state index in [9.17, 15) is 29.8 Å². The second-order valence-electron chi connectivity index (χ2n) is 7.08. The van der Waals surface area contributed by atoms with Crippen LogP contribution in [0.3, 0.4) is 0 Å². The van der Waals surface area contributed by atoms with Gasteiger partial charge in [0.1, 0.15) is 0 Å². The van der Waals surface area contributed by atoms with Gasteiger partial charge in [0.05, 0.1) is 32.8 Å². The van der Waals surface area contributed by atoms with Crippen LogP contribution in [0.15, 0.2) is 58.8 Å². The number of carbonyl (C=O) groups is 2. The van der Waals surface area contributed by atoms with Gasteiger partial charge in [0, 0.05) is 11.6 Å². The number of nitrogens with one attached hydrogen (secondary N) is 1. The van der Waals surface area contributed by atoms with Crippen LogP contribution in [-0.2, 0) is 4.79 Å². The molecule has 188 valence electrons. The maximum Gasteiger partial charge on any atom is 0.318 e. The first-order valence-electron chi connectivity index (χ1n) is 10.1. The van der Waals surface area contributed by atoms with Gasteiger partial charge >= 0.3 is 5.69 Å². The molecular formula is C22H14N4O8S3. The lowest BCUT2D eigenvalue weighted by atomic mass is 10.1. The molecule has 15 heteroatoms. The molecule has 2 amide bonds. The Morgan fingerprint density at radius 3 is 2.54 bits per heavy atom. The number of nitro benzene ring substituents is 2. The fraction of sp³-hybridized carbons (Fsp3) is 0.0455. The van der Waals surface area contributed by atoms with Gasteiger partial charge in [0.15, 0.2) is 15.8 Å². The first kappa shape index (κ1) is 25.7. The summed E-state index contributed by atoms with van der Waals surface area (Å²) < 4.78 is 11.2. The highest BCUT2D eigenvalue weighted by molar-refractivity contribution is 8.26. The summed E-state index contributed by atoms with van der Waals surface area (Å²) in [6.07, 6.45) is 1.44. The van der Waals surface area contributed by atoms with E-state index in [1.54, 1.807) is 29.6 Å². The quantitative estimate of drug-likeness (QED) is 0.174. The van der Waals surface area contributed by atoms with Crippen molar-refractivity contribution in [2.24, 2.45) is 0 Å². The van der Waals surface area contributed by atoms with Crippen LogP contribution < -0.4 is 14.9 Å². The molecule has 0 bridgehead atoms. The van der Waals surface area contributed by atoms with E-state index >= 15 is 0 Å². The molecule has 0 unspecified atom stereocenters. The summed E-state index contributed by atoms with van der Waals surface area (Å²) in [7, 11) is 1.36. The number of thiophene rings is 1. The van der Waals surface area contributed by atoms with Crippen molar-refractivity contribution in [1.29, 1.82) is 0 Å². The number of non-ortho nitro benzene ring substituents is 1. The lowest BCUT2D eigenvalue weighted by Gasteiger charge is -2.15. The molecule has 12 nitrogen and oxygen atoms in total. The van der Waals surface area contributed by atoms with Gasteiger partial charge in [-0.25, -0.2) is 0 Å². The molecular weight excluding hydrogens is 544 g/mol. The number of thioether (sulfide) groups is 1. The molecule has 1 saturated heterocycles. The van der Waals surface area contributed by atoms with Crippen LogP contribution >= 0.6 is 35.3 Å². The van der Waals surface area contributed by atoms with Gasteiger partial charge in [0.25, 0.3) is 17.5 Å². The molecule has 1 N–H and O–H groups in total. The largest absolute Gasteiger partial charge is 0.493 e. The molecule has 0 radical (unpaired) electrons. The maximum absolute atomic E-state index is 13.0. The molecule has 0 saturated carbocycles. The number of carbonyl (C=O) groups excluding carboxylic acids is 2. The highest BCUT2D eigenvalue weighted by Gasteiger charge is 2.34. The van der Waals surface area contributed by atoms with Gasteiger partial charge in [0.2, 0.25) is 5.75 Å². The Morgan fingerprint density at radius 1 is 1.11 bits per heavy atom. The molecule has 0 aliphatic carbocycles. The molecule has 1 aliphatic rings. The third-order valence-electron chi connectivity index (χ3n) is 4.83. The smallest absolute Gasteiger partial charge is 0.318 e. The van der Waals surface area contributed by atoms with Crippen molar-refractivity contribution < 1.29 is 28.9 Å². The van der Waals surface area contributed by atoms with Crippen molar-refractivity contribution in [1.82, 2.24) is 10.4 Å². The topological polar surface area (TPSA) is 154 Å². The summed E-state index contributed by atoms with van der Waals surface area (Å²) >= 11 is 7.39. The monoisotopic (exact) mass is 558 g/mol. The Kier molecular flexibility index (Phi) is 7.47. The van der Waals surface area contributed by atoms with Crippen LogP contribution in [0.4, 0.5) is 11.4 Å². The average molecular weight is 559 g/mol. The summed E-state index contributed by atoms with van der Waals surface area (Å²) in [5.74, 6) is -1.15. The number of hydrogen-bond donors (Lipinski definition) is 1. The zero-order chi connectivity index (χ0) is 26.7. The summed E-state index contributed by atoms with van der Waals surface area (Å²) in [5.41, 5.74) is 1.67. The molecule has 1 aliphatic heterocycles. The van der Waals surface area contributed by atoms with Crippen LogP contribution in [0.2, 0.25) is 0 Å². The number of rotatable bonds is 8. The van der Waals surface area contributed by atoms with Gasteiger partial charge in [-0.2, -0.15) is 5.01 Å². The minimum atomic E-state index is -0.807. The summed E-state index contributed by atoms with van der Waals surface area (Å²) in [4.78, 5) is 47.0. The predicted octanol–water partition coefficient (Wildman–Crippen LogP) is 4.91. The standard InChI is InChI=1S/C22H14N4O8S3/c1-33-16-5-2-4-12(19(16)34-15-8-7-13(25(29)30)11-14(15)26(31)32)10-18-21(28)24(22(35)37-18)23-20(27)17-6-3-9-36-17/h2-11H,1H3,(H,23,27)/b18-10+. The molecule has 3 aromatic rings. The van der Waals surface area contributed by atoms with Crippen LogP contribution in [0, 0.1) is 20.2 Å². The van der Waals surface area contributed by atoms with Crippen molar-refractivity contribution in [3.8, 4) is 17.2 Å². The van der Waals surface area contributed by atoms with Crippen LogP contribution in [0.5, 0.6) is 17.2 Å². The lowest BCUT2D eigenvalue weighted by molar-refractivity contribution is -0.394. The number of nitrogens with zero attached hydrogens (tertiary/aromatic N) is 3. The SMILES string of the molecule is COc1cccc(/C=C2/SC(=S)N(NC(=O)c3cccs3)C2=O)c1Oc1ccc([N+](=O)[O-])cc1[N+](=O)[O-]. The van der Waals surface area contributed by atoms with E-state index in [1.807, 2.05) is 0 Å². The van der Waals surface area contributed by atoms with E-state index in [0.717, 1.165) is 35.0 Å². The van der Waals surface area contributed by atoms with E-state index < -0.39 is 33.0 Å². The Balaban J connectivity index is 1.68. The first-order valence-corrected chi connectivity index (χ1v) is 12.2. The summed E-state index contributed by atoms with van der Waals surface area (Å²) in [6, 6.07) is 11.0. The van der Waals surface area contributed by atoms with Crippen LogP contribution in [0.1, 0.15) is 15.2 Å². The molecule has 2 heterocycles. The number of nitro groups is 2. The van der Waals surface area contributed by atoms with Crippen LogP contribution in [0.25, 0.3) is 6.08 Å². The number of thiocarbonyl (C=S) groups is 1. The third-order valence-corrected chi connectivity index (χ3v) is 7.00. The minimum absolute atomic E-state index is 0.0230. The van der Waals surface area contributed by atoms with Gasteiger partial charge < -0.3 is 9.47 Å². The Labute approximate surface area is 221 Å². The van der Waals surface area contributed by atoms with Crippen molar-refractivity contribution in [2.75, 3.05) is 7.11 Å². The fourth-order valence-electron chi connectivity index (χ4n) is 3.14. The number of amides is 2. The highest BCUT2D eigenvalue weighted by atomic mass is 32.2. The van der Waals surface area contributed by atoms with Crippen molar-refractivity contribution in [3.05, 3.63) is 89.5 Å². The van der Waals surface area contributed by atoms with Gasteiger partial charge in [-0.3, -0.25) is 35.2 Å². The lowest BCUT2D eigenvalue weighted by Crippen LogP contribution is -2.44. The second kappa shape index (κ2) is 10.7. The zero-order valence-corrected chi connectivity index (χ0v) is 21.1. The number of para-hydroxylation sites is 1. The number of hydrazine groups is 1. The summed E-state index contributed by atoms with van der Waals surface area (Å²) in [5, 5.41) is 25.3. The van der Waals surface area contributed by atoms with Crippen molar-refractivity contribution >= 4 is 68.9 Å².